The zero-order chi connectivity index (χ0) is 17.6. The maximum Gasteiger partial charge on any atom is 0.319 e. The van der Waals surface area contributed by atoms with E-state index in [2.05, 4.69) is 17.6 Å². The summed E-state index contributed by atoms with van der Waals surface area (Å²) in [4.78, 5) is 26.4. The van der Waals surface area contributed by atoms with Crippen molar-refractivity contribution in [3.05, 3.63) is 54.0 Å². The third-order valence-corrected chi connectivity index (χ3v) is 4.46. The summed E-state index contributed by atoms with van der Waals surface area (Å²) < 4.78 is 5.16. The molecule has 1 aliphatic rings. The van der Waals surface area contributed by atoms with Gasteiger partial charge in [-0.25, -0.2) is 4.79 Å². The molecule has 132 valence electrons. The average Bonchev–Trinajstić information content (AvgIpc) is 3.14. The number of hydrogen-bond donors (Lipinski definition) is 2. The smallest absolute Gasteiger partial charge is 0.319 e. The lowest BCUT2D eigenvalue weighted by atomic mass is 10.0. The standard InChI is InChI=1S/C19H23N3O3/c1-14-5-2-3-11-22(14)18(23)15-7-9-16(10-8-15)21-19(24)20-13-17-6-4-12-25-17/h4,6-10,12,14H,2-3,5,11,13H2,1H3,(H2,20,21,24)/t14-/m1/s1. The lowest BCUT2D eigenvalue weighted by Crippen LogP contribution is -2.42. The quantitative estimate of drug-likeness (QED) is 0.892. The van der Waals surface area contributed by atoms with E-state index >= 15 is 0 Å². The Morgan fingerprint density at radius 1 is 1.20 bits per heavy atom. The van der Waals surface area contributed by atoms with Crippen LogP contribution in [0.3, 0.4) is 0 Å². The summed E-state index contributed by atoms with van der Waals surface area (Å²) in [5, 5.41) is 5.45. The van der Waals surface area contributed by atoms with E-state index in [0.717, 1.165) is 19.4 Å². The third kappa shape index (κ3) is 4.41. The van der Waals surface area contributed by atoms with Crippen molar-refractivity contribution in [3.8, 4) is 0 Å². The fourth-order valence-electron chi connectivity index (χ4n) is 3.02. The van der Waals surface area contributed by atoms with Gasteiger partial charge in [-0.15, -0.1) is 0 Å². The summed E-state index contributed by atoms with van der Waals surface area (Å²) >= 11 is 0. The molecule has 0 saturated carbocycles. The Labute approximate surface area is 147 Å². The van der Waals surface area contributed by atoms with Crippen molar-refractivity contribution >= 4 is 17.6 Å². The molecule has 1 aromatic heterocycles. The van der Waals surface area contributed by atoms with E-state index in [0.29, 0.717) is 23.6 Å². The summed E-state index contributed by atoms with van der Waals surface area (Å²) in [7, 11) is 0. The van der Waals surface area contributed by atoms with Crippen molar-refractivity contribution in [2.75, 3.05) is 11.9 Å². The summed E-state index contributed by atoms with van der Waals surface area (Å²) in [6.45, 7) is 3.23. The highest BCUT2D eigenvalue weighted by Gasteiger charge is 2.24. The number of benzene rings is 1. The Bertz CT molecular complexity index is 710. The highest BCUT2D eigenvalue weighted by Crippen LogP contribution is 2.20. The van der Waals surface area contributed by atoms with Gasteiger partial charge in [0.05, 0.1) is 12.8 Å². The van der Waals surface area contributed by atoms with Gasteiger partial charge in [-0.2, -0.15) is 0 Å². The fraction of sp³-hybridized carbons (Fsp3) is 0.368. The number of carbonyl (C=O) groups excluding carboxylic acids is 2. The highest BCUT2D eigenvalue weighted by molar-refractivity contribution is 5.95. The second kappa shape index (κ2) is 7.88. The number of piperidine rings is 1. The van der Waals surface area contributed by atoms with Gasteiger partial charge in [0.25, 0.3) is 5.91 Å². The van der Waals surface area contributed by atoms with E-state index in [4.69, 9.17) is 4.42 Å². The first-order valence-electron chi connectivity index (χ1n) is 8.62. The molecule has 6 nitrogen and oxygen atoms in total. The lowest BCUT2D eigenvalue weighted by molar-refractivity contribution is 0.0635. The zero-order valence-electron chi connectivity index (χ0n) is 14.3. The van der Waals surface area contributed by atoms with E-state index in [1.807, 2.05) is 4.90 Å². The summed E-state index contributed by atoms with van der Waals surface area (Å²) in [5.41, 5.74) is 1.29. The molecule has 1 aliphatic heterocycles. The maximum atomic E-state index is 12.6. The number of nitrogens with one attached hydrogen (secondary N) is 2. The molecule has 2 N–H and O–H groups in total. The van der Waals surface area contributed by atoms with Crippen molar-refractivity contribution < 1.29 is 14.0 Å². The van der Waals surface area contributed by atoms with Crippen LogP contribution in [0.4, 0.5) is 10.5 Å². The molecule has 25 heavy (non-hydrogen) atoms. The molecule has 2 aromatic rings. The molecule has 0 spiro atoms. The topological polar surface area (TPSA) is 74.6 Å². The van der Waals surface area contributed by atoms with Gasteiger partial charge >= 0.3 is 6.03 Å². The van der Waals surface area contributed by atoms with E-state index < -0.39 is 0 Å². The monoisotopic (exact) mass is 341 g/mol. The molecule has 1 fully saturated rings. The lowest BCUT2D eigenvalue weighted by Gasteiger charge is -2.33. The first-order chi connectivity index (χ1) is 12.1. The Hall–Kier alpha value is -2.76. The van der Waals surface area contributed by atoms with Gasteiger partial charge in [-0.3, -0.25) is 4.79 Å². The summed E-state index contributed by atoms with van der Waals surface area (Å²) in [6, 6.07) is 10.5. The fourth-order valence-corrected chi connectivity index (χ4v) is 3.02. The van der Waals surface area contributed by atoms with E-state index in [1.165, 1.54) is 6.42 Å². The van der Waals surface area contributed by atoms with Crippen molar-refractivity contribution in [2.45, 2.75) is 38.8 Å². The van der Waals surface area contributed by atoms with Crippen LogP contribution in [0.5, 0.6) is 0 Å². The molecule has 0 unspecified atom stereocenters. The molecule has 3 rings (SSSR count). The van der Waals surface area contributed by atoms with Gasteiger partial charge in [-0.05, 0) is 62.6 Å². The predicted octanol–water partition coefficient (Wildman–Crippen LogP) is 3.62. The molecule has 0 aliphatic carbocycles. The Morgan fingerprint density at radius 3 is 2.68 bits per heavy atom. The van der Waals surface area contributed by atoms with Crippen LogP contribution in [0.15, 0.2) is 47.1 Å². The summed E-state index contributed by atoms with van der Waals surface area (Å²) in [5.74, 6) is 0.743. The number of hydrogen-bond acceptors (Lipinski definition) is 3. The molecule has 0 radical (unpaired) electrons. The second-order valence-corrected chi connectivity index (χ2v) is 6.31. The third-order valence-electron chi connectivity index (χ3n) is 4.46. The van der Waals surface area contributed by atoms with Gasteiger partial charge in [0.2, 0.25) is 0 Å². The molecule has 0 bridgehead atoms. The minimum Gasteiger partial charge on any atom is -0.467 e. The van der Waals surface area contributed by atoms with Gasteiger partial charge in [0, 0.05) is 23.8 Å². The van der Waals surface area contributed by atoms with Crippen molar-refractivity contribution in [2.24, 2.45) is 0 Å². The highest BCUT2D eigenvalue weighted by atomic mass is 16.3. The van der Waals surface area contributed by atoms with Crippen LogP contribution in [0, 0.1) is 0 Å². The van der Waals surface area contributed by atoms with Crippen molar-refractivity contribution in [3.63, 3.8) is 0 Å². The van der Waals surface area contributed by atoms with Crippen LogP contribution < -0.4 is 10.6 Å². The number of anilines is 1. The van der Waals surface area contributed by atoms with E-state index in [-0.39, 0.29) is 18.0 Å². The van der Waals surface area contributed by atoms with Crippen LogP contribution in [-0.4, -0.2) is 29.4 Å². The van der Waals surface area contributed by atoms with Gasteiger partial charge in [0.1, 0.15) is 5.76 Å². The number of carbonyl (C=O) groups is 2. The zero-order valence-corrected chi connectivity index (χ0v) is 14.3. The number of furan rings is 1. The summed E-state index contributed by atoms with van der Waals surface area (Å²) in [6.07, 6.45) is 4.86. The molecule has 1 saturated heterocycles. The number of urea groups is 1. The second-order valence-electron chi connectivity index (χ2n) is 6.31. The first-order valence-corrected chi connectivity index (χ1v) is 8.62. The number of amides is 3. The van der Waals surface area contributed by atoms with E-state index in [9.17, 15) is 9.59 Å². The number of rotatable bonds is 4. The largest absolute Gasteiger partial charge is 0.467 e. The molecule has 1 atom stereocenters. The Balaban J connectivity index is 1.54. The molecule has 3 amide bonds. The Morgan fingerprint density at radius 2 is 2.00 bits per heavy atom. The molecule has 2 heterocycles. The predicted molar refractivity (Wildman–Crippen MR) is 95.4 cm³/mol. The van der Waals surface area contributed by atoms with Gasteiger partial charge in [-0.1, -0.05) is 0 Å². The number of nitrogens with zero attached hydrogens (tertiary/aromatic N) is 1. The van der Waals surface area contributed by atoms with Gasteiger partial charge < -0.3 is 20.0 Å². The first kappa shape index (κ1) is 17.1. The van der Waals surface area contributed by atoms with Gasteiger partial charge in [0.15, 0.2) is 0 Å². The van der Waals surface area contributed by atoms with Crippen LogP contribution in [0.1, 0.15) is 42.3 Å². The minimum absolute atomic E-state index is 0.0565. The molecular formula is C19H23N3O3. The number of likely N-dealkylation sites (tertiary alicyclic amines) is 1. The molecule has 6 heteroatoms. The van der Waals surface area contributed by atoms with E-state index in [1.54, 1.807) is 42.7 Å². The van der Waals surface area contributed by atoms with Crippen LogP contribution >= 0.6 is 0 Å². The van der Waals surface area contributed by atoms with Crippen LogP contribution in [-0.2, 0) is 6.54 Å². The Kier molecular flexibility index (Phi) is 5.38. The van der Waals surface area contributed by atoms with Crippen molar-refractivity contribution in [1.82, 2.24) is 10.2 Å². The normalized spacial score (nSPS) is 17.2. The minimum atomic E-state index is -0.319. The maximum absolute atomic E-state index is 12.6. The van der Waals surface area contributed by atoms with Crippen molar-refractivity contribution in [1.29, 1.82) is 0 Å². The SMILES string of the molecule is C[C@@H]1CCCCN1C(=O)c1ccc(NC(=O)NCc2ccco2)cc1. The molecule has 1 aromatic carbocycles. The molecular weight excluding hydrogens is 318 g/mol. The average molecular weight is 341 g/mol. The van der Waals surface area contributed by atoms with Crippen LogP contribution in [0.25, 0.3) is 0 Å². The van der Waals surface area contributed by atoms with Crippen LogP contribution in [0.2, 0.25) is 0 Å².